The Morgan fingerprint density at radius 1 is 1.06 bits per heavy atom. The molecule has 1 heterocycles. The molecule has 0 spiro atoms. The second-order valence-electron chi connectivity index (χ2n) is 8.58. The predicted molar refractivity (Wildman–Crippen MR) is 122 cm³/mol. The zero-order valence-electron chi connectivity index (χ0n) is 19.7. The molecule has 1 amide bonds. The van der Waals surface area contributed by atoms with Crippen LogP contribution in [0, 0.1) is 12.8 Å². The Labute approximate surface area is 193 Å². The number of aromatic hydroxyl groups is 1. The SMILES string of the molecule is COc1ccc(C(=O)C2C(=O)C(=O)N(CCC[NH+](C)C)C2c2ccc(O)c(OC)c2)cc1C. The maximum atomic E-state index is 13.6. The van der Waals surface area contributed by atoms with Crippen molar-refractivity contribution in [3.8, 4) is 17.2 Å². The molecule has 1 aliphatic rings. The molecule has 2 aromatic carbocycles. The number of methoxy groups -OCH3 is 2. The first-order valence-corrected chi connectivity index (χ1v) is 10.9. The highest BCUT2D eigenvalue weighted by Crippen LogP contribution is 2.41. The minimum absolute atomic E-state index is 0.0617. The molecule has 1 saturated heterocycles. The van der Waals surface area contributed by atoms with Gasteiger partial charge in [0.15, 0.2) is 17.3 Å². The summed E-state index contributed by atoms with van der Waals surface area (Å²) >= 11 is 0. The van der Waals surface area contributed by atoms with Gasteiger partial charge in [-0.2, -0.15) is 0 Å². The minimum atomic E-state index is -1.19. The number of benzene rings is 2. The zero-order valence-corrected chi connectivity index (χ0v) is 19.7. The van der Waals surface area contributed by atoms with Crippen LogP contribution in [0.4, 0.5) is 0 Å². The second-order valence-corrected chi connectivity index (χ2v) is 8.58. The van der Waals surface area contributed by atoms with E-state index in [0.717, 1.165) is 12.1 Å². The van der Waals surface area contributed by atoms with Crippen LogP contribution in [-0.2, 0) is 9.59 Å². The summed E-state index contributed by atoms with van der Waals surface area (Å²) in [6, 6.07) is 8.83. The number of amides is 1. The van der Waals surface area contributed by atoms with Crippen molar-refractivity contribution in [3.63, 3.8) is 0 Å². The summed E-state index contributed by atoms with van der Waals surface area (Å²) in [5.74, 6) is -2.21. The Morgan fingerprint density at radius 3 is 2.36 bits per heavy atom. The maximum Gasteiger partial charge on any atom is 0.291 e. The summed E-state index contributed by atoms with van der Waals surface area (Å²) in [6.45, 7) is 2.96. The molecule has 3 rings (SSSR count). The molecule has 2 atom stereocenters. The van der Waals surface area contributed by atoms with Crippen molar-refractivity contribution in [2.75, 3.05) is 41.4 Å². The quantitative estimate of drug-likeness (QED) is 0.335. The van der Waals surface area contributed by atoms with Crippen LogP contribution in [0.5, 0.6) is 17.2 Å². The number of likely N-dealkylation sites (tertiary alicyclic amines) is 1. The summed E-state index contributed by atoms with van der Waals surface area (Å²) in [4.78, 5) is 42.4. The smallest absolute Gasteiger partial charge is 0.291 e. The number of nitrogens with zero attached hydrogens (tertiary/aromatic N) is 1. The summed E-state index contributed by atoms with van der Waals surface area (Å²) in [5.41, 5.74) is 1.66. The van der Waals surface area contributed by atoms with Gasteiger partial charge in [0.2, 0.25) is 5.78 Å². The molecule has 2 aromatic rings. The number of rotatable bonds is 9. The van der Waals surface area contributed by atoms with Gasteiger partial charge >= 0.3 is 0 Å². The predicted octanol–water partition coefficient (Wildman–Crippen LogP) is 1.20. The lowest BCUT2D eigenvalue weighted by atomic mass is 9.85. The lowest BCUT2D eigenvalue weighted by Crippen LogP contribution is -3.05. The molecule has 0 bridgehead atoms. The number of carbonyl (C=O) groups is 3. The van der Waals surface area contributed by atoms with Crippen LogP contribution >= 0.6 is 0 Å². The molecule has 0 aliphatic carbocycles. The van der Waals surface area contributed by atoms with E-state index in [4.69, 9.17) is 9.47 Å². The normalized spacial score (nSPS) is 18.2. The molecular weight excluding hydrogens is 424 g/mol. The highest BCUT2D eigenvalue weighted by molar-refractivity contribution is 6.44. The third-order valence-electron chi connectivity index (χ3n) is 5.99. The summed E-state index contributed by atoms with van der Waals surface area (Å²) in [5, 5.41) is 10.0. The van der Waals surface area contributed by atoms with Crippen molar-refractivity contribution in [1.82, 2.24) is 4.90 Å². The van der Waals surface area contributed by atoms with Crippen molar-refractivity contribution in [2.45, 2.75) is 19.4 Å². The van der Waals surface area contributed by atoms with Crippen molar-refractivity contribution in [2.24, 2.45) is 5.92 Å². The van der Waals surface area contributed by atoms with Crippen LogP contribution in [0.25, 0.3) is 0 Å². The van der Waals surface area contributed by atoms with Gasteiger partial charge < -0.3 is 24.4 Å². The van der Waals surface area contributed by atoms with Crippen molar-refractivity contribution < 1.29 is 33.9 Å². The second kappa shape index (κ2) is 10.0. The van der Waals surface area contributed by atoms with Crippen LogP contribution < -0.4 is 14.4 Å². The number of hydrogen-bond donors (Lipinski definition) is 2. The molecule has 1 fully saturated rings. The van der Waals surface area contributed by atoms with Crippen LogP contribution in [-0.4, -0.2) is 68.9 Å². The number of phenols is 1. The Hall–Kier alpha value is -3.39. The first-order valence-electron chi connectivity index (χ1n) is 10.9. The molecular formula is C25H31N2O6+. The van der Waals surface area contributed by atoms with Crippen molar-refractivity contribution in [3.05, 3.63) is 53.1 Å². The van der Waals surface area contributed by atoms with E-state index in [1.807, 2.05) is 21.0 Å². The van der Waals surface area contributed by atoms with Crippen molar-refractivity contribution >= 4 is 17.5 Å². The van der Waals surface area contributed by atoms with Gasteiger partial charge in [0.05, 0.1) is 40.9 Å². The Morgan fingerprint density at radius 2 is 1.76 bits per heavy atom. The maximum absolute atomic E-state index is 13.6. The monoisotopic (exact) mass is 455 g/mol. The van der Waals surface area contributed by atoms with E-state index in [-0.39, 0.29) is 11.5 Å². The molecule has 2 N–H and O–H groups in total. The third kappa shape index (κ3) is 4.85. The van der Waals surface area contributed by atoms with Gasteiger partial charge in [-0.3, -0.25) is 14.4 Å². The van der Waals surface area contributed by atoms with E-state index in [9.17, 15) is 19.5 Å². The lowest BCUT2D eigenvalue weighted by molar-refractivity contribution is -0.858. The van der Waals surface area contributed by atoms with E-state index in [1.165, 1.54) is 23.0 Å². The van der Waals surface area contributed by atoms with Crippen LogP contribution in [0.15, 0.2) is 36.4 Å². The van der Waals surface area contributed by atoms with Gasteiger partial charge in [-0.1, -0.05) is 6.07 Å². The minimum Gasteiger partial charge on any atom is -0.504 e. The van der Waals surface area contributed by atoms with Gasteiger partial charge in [-0.15, -0.1) is 0 Å². The summed E-state index contributed by atoms with van der Waals surface area (Å²) in [6.07, 6.45) is 0.676. The number of quaternary nitrogens is 1. The molecule has 1 aliphatic heterocycles. The molecule has 176 valence electrons. The average molecular weight is 456 g/mol. The number of hydrogen-bond acceptors (Lipinski definition) is 6. The topological polar surface area (TPSA) is 97.6 Å². The number of ketones is 2. The fraction of sp³-hybridized carbons (Fsp3) is 0.400. The van der Waals surface area contributed by atoms with Gasteiger partial charge in [-0.25, -0.2) is 0 Å². The van der Waals surface area contributed by atoms with Crippen LogP contribution in [0.2, 0.25) is 0 Å². The lowest BCUT2D eigenvalue weighted by Gasteiger charge is -2.28. The first-order chi connectivity index (χ1) is 15.7. The number of ether oxygens (including phenoxy) is 2. The van der Waals surface area contributed by atoms with E-state index < -0.39 is 29.4 Å². The molecule has 8 heteroatoms. The van der Waals surface area contributed by atoms with Crippen molar-refractivity contribution in [1.29, 1.82) is 0 Å². The Balaban J connectivity index is 2.05. The summed E-state index contributed by atoms with van der Waals surface area (Å²) in [7, 11) is 6.99. The zero-order chi connectivity index (χ0) is 24.3. The molecule has 8 nitrogen and oxygen atoms in total. The van der Waals surface area contributed by atoms with E-state index in [1.54, 1.807) is 37.4 Å². The third-order valence-corrected chi connectivity index (χ3v) is 5.99. The standard InChI is InChI=1S/C25H30N2O6/c1-15-13-17(8-10-19(15)32-4)23(29)21-22(16-7-9-18(28)20(14-16)33-5)27(25(31)24(21)30)12-6-11-26(2)3/h7-10,13-14,21-22,28H,6,11-12H2,1-5H3/p+1. The summed E-state index contributed by atoms with van der Waals surface area (Å²) < 4.78 is 10.5. The number of phenolic OH excluding ortho intramolecular Hbond substituents is 1. The average Bonchev–Trinajstić information content (AvgIpc) is 3.03. The number of nitrogens with one attached hydrogen (secondary N) is 1. The fourth-order valence-corrected chi connectivity index (χ4v) is 4.29. The molecule has 2 unspecified atom stereocenters. The molecule has 33 heavy (non-hydrogen) atoms. The Kier molecular flexibility index (Phi) is 7.38. The van der Waals surface area contributed by atoms with Gasteiger partial charge in [0.1, 0.15) is 11.7 Å². The molecule has 0 radical (unpaired) electrons. The van der Waals surface area contributed by atoms with Gasteiger partial charge in [-0.05, 0) is 48.4 Å². The van der Waals surface area contributed by atoms with Crippen LogP contribution in [0.3, 0.4) is 0 Å². The highest BCUT2D eigenvalue weighted by Gasteiger charge is 2.51. The number of aryl methyl sites for hydroxylation is 1. The van der Waals surface area contributed by atoms with Gasteiger partial charge in [0.25, 0.3) is 5.91 Å². The fourth-order valence-electron chi connectivity index (χ4n) is 4.29. The van der Waals surface area contributed by atoms with Gasteiger partial charge in [0, 0.05) is 18.5 Å². The van der Waals surface area contributed by atoms with E-state index in [0.29, 0.717) is 29.8 Å². The van der Waals surface area contributed by atoms with Crippen LogP contribution in [0.1, 0.15) is 33.9 Å². The Bertz CT molecular complexity index is 1060. The highest BCUT2D eigenvalue weighted by atomic mass is 16.5. The molecule has 0 aromatic heterocycles. The number of Topliss-reactive ketones (excluding diaryl/α,β-unsaturated/α-hetero) is 2. The molecule has 0 saturated carbocycles. The number of carbonyl (C=O) groups excluding carboxylic acids is 3. The van der Waals surface area contributed by atoms with E-state index in [2.05, 4.69) is 0 Å². The first kappa shape index (κ1) is 24.3. The largest absolute Gasteiger partial charge is 0.504 e. The van der Waals surface area contributed by atoms with E-state index >= 15 is 0 Å².